The van der Waals surface area contributed by atoms with Gasteiger partial charge >= 0.3 is 0 Å². The van der Waals surface area contributed by atoms with Crippen LogP contribution in [0.4, 0.5) is 0 Å². The van der Waals surface area contributed by atoms with Gasteiger partial charge < -0.3 is 0 Å². The van der Waals surface area contributed by atoms with Crippen LogP contribution in [-0.2, 0) is 0 Å². The Bertz CT molecular complexity index is 220. The van der Waals surface area contributed by atoms with Crippen molar-refractivity contribution in [1.82, 2.24) is 0 Å². The van der Waals surface area contributed by atoms with Gasteiger partial charge in [0.2, 0.25) is 0 Å². The summed E-state index contributed by atoms with van der Waals surface area (Å²) >= 11 is 0. The number of hydrogen-bond donors (Lipinski definition) is 0. The molecule has 0 N–H and O–H groups in total. The molecular weight excluding hydrogens is 240 g/mol. The fourth-order valence-electron chi connectivity index (χ4n) is 4.26. The number of rotatable bonds is 12. The molecule has 0 heterocycles. The minimum Gasteiger partial charge on any atom is -0.0654 e. The Balaban J connectivity index is 4.75. The number of unbranched alkanes of at least 4 members (excludes halogenated alkanes) is 1. The van der Waals surface area contributed by atoms with E-state index in [1.165, 1.54) is 57.8 Å². The second kappa shape index (κ2) is 10.7. The van der Waals surface area contributed by atoms with Crippen LogP contribution < -0.4 is 0 Å². The van der Waals surface area contributed by atoms with Crippen LogP contribution in [0.1, 0.15) is 106 Å². The van der Waals surface area contributed by atoms with E-state index < -0.39 is 0 Å². The first kappa shape index (κ1) is 20.0. The predicted molar refractivity (Wildman–Crippen MR) is 94.2 cm³/mol. The average molecular weight is 283 g/mol. The highest BCUT2D eigenvalue weighted by Gasteiger charge is 2.33. The SMILES string of the molecule is CCCCC(CC)C(C)(CC)CC(C)C(CC)CCC. The van der Waals surface area contributed by atoms with Crippen molar-refractivity contribution in [3.05, 3.63) is 0 Å². The second-order valence-corrected chi connectivity index (χ2v) is 7.39. The smallest absolute Gasteiger partial charge is 0.0298 e. The molecule has 0 aromatic carbocycles. The van der Waals surface area contributed by atoms with E-state index in [0.717, 1.165) is 17.8 Å². The molecule has 0 aromatic rings. The van der Waals surface area contributed by atoms with Crippen LogP contribution in [-0.4, -0.2) is 0 Å². The van der Waals surface area contributed by atoms with Gasteiger partial charge in [-0.3, -0.25) is 0 Å². The highest BCUT2D eigenvalue weighted by atomic mass is 14.4. The maximum Gasteiger partial charge on any atom is -0.0298 e. The van der Waals surface area contributed by atoms with Gasteiger partial charge in [-0.15, -0.1) is 0 Å². The summed E-state index contributed by atoms with van der Waals surface area (Å²) in [6.07, 6.45) is 12.5. The van der Waals surface area contributed by atoms with Crippen molar-refractivity contribution in [3.8, 4) is 0 Å². The molecule has 0 amide bonds. The fourth-order valence-corrected chi connectivity index (χ4v) is 4.26. The van der Waals surface area contributed by atoms with Crippen molar-refractivity contribution >= 4 is 0 Å². The standard InChI is InChI=1S/C20H42/c1-8-13-15-19(11-4)20(7,12-5)16-17(6)18(10-3)14-9-2/h17-19H,8-16H2,1-7H3. The molecule has 0 heteroatoms. The summed E-state index contributed by atoms with van der Waals surface area (Å²) in [6, 6.07) is 0. The van der Waals surface area contributed by atoms with Crippen LogP contribution in [0.3, 0.4) is 0 Å². The van der Waals surface area contributed by atoms with Crippen molar-refractivity contribution in [2.75, 3.05) is 0 Å². The van der Waals surface area contributed by atoms with E-state index in [9.17, 15) is 0 Å². The molecule has 4 atom stereocenters. The summed E-state index contributed by atoms with van der Waals surface area (Å²) in [7, 11) is 0. The molecule has 0 aliphatic rings. The Kier molecular flexibility index (Phi) is 10.7. The maximum atomic E-state index is 2.58. The van der Waals surface area contributed by atoms with Gasteiger partial charge in [-0.25, -0.2) is 0 Å². The zero-order chi connectivity index (χ0) is 15.6. The quantitative estimate of drug-likeness (QED) is 0.348. The summed E-state index contributed by atoms with van der Waals surface area (Å²) in [5.41, 5.74) is 0.560. The molecule has 0 nitrogen and oxygen atoms in total. The van der Waals surface area contributed by atoms with Gasteiger partial charge in [-0.05, 0) is 36.0 Å². The van der Waals surface area contributed by atoms with Gasteiger partial charge in [-0.2, -0.15) is 0 Å². The monoisotopic (exact) mass is 282 g/mol. The highest BCUT2D eigenvalue weighted by molar-refractivity contribution is 4.84. The molecule has 0 saturated heterocycles. The molecule has 0 aliphatic carbocycles. The van der Waals surface area contributed by atoms with Crippen molar-refractivity contribution in [1.29, 1.82) is 0 Å². The van der Waals surface area contributed by atoms with Crippen LogP contribution in [0.2, 0.25) is 0 Å². The highest BCUT2D eigenvalue weighted by Crippen LogP contribution is 2.44. The third kappa shape index (κ3) is 6.19. The summed E-state index contributed by atoms with van der Waals surface area (Å²) in [4.78, 5) is 0. The number of hydrogen-bond acceptors (Lipinski definition) is 0. The van der Waals surface area contributed by atoms with Gasteiger partial charge in [0.15, 0.2) is 0 Å². The van der Waals surface area contributed by atoms with E-state index in [4.69, 9.17) is 0 Å². The molecular formula is C20H42. The normalized spacial score (nSPS) is 19.4. The first-order valence-corrected chi connectivity index (χ1v) is 9.48. The molecule has 0 bridgehead atoms. The minimum absolute atomic E-state index is 0.560. The Morgan fingerprint density at radius 3 is 1.90 bits per heavy atom. The van der Waals surface area contributed by atoms with E-state index in [1.54, 1.807) is 0 Å². The summed E-state index contributed by atoms with van der Waals surface area (Å²) < 4.78 is 0. The van der Waals surface area contributed by atoms with Crippen molar-refractivity contribution in [2.24, 2.45) is 23.2 Å². The molecule has 0 rings (SSSR count). The first-order chi connectivity index (χ1) is 9.48. The Labute approximate surface area is 130 Å². The Morgan fingerprint density at radius 2 is 1.50 bits per heavy atom. The van der Waals surface area contributed by atoms with E-state index in [-0.39, 0.29) is 0 Å². The molecule has 122 valence electrons. The first-order valence-electron chi connectivity index (χ1n) is 9.48. The van der Waals surface area contributed by atoms with Crippen molar-refractivity contribution in [3.63, 3.8) is 0 Å². The Morgan fingerprint density at radius 1 is 0.850 bits per heavy atom. The van der Waals surface area contributed by atoms with Crippen LogP contribution in [0, 0.1) is 23.2 Å². The Hall–Kier alpha value is 0. The molecule has 0 aromatic heterocycles. The van der Waals surface area contributed by atoms with Gasteiger partial charge in [-0.1, -0.05) is 93.4 Å². The van der Waals surface area contributed by atoms with Crippen LogP contribution >= 0.6 is 0 Å². The zero-order valence-corrected chi connectivity index (χ0v) is 15.6. The van der Waals surface area contributed by atoms with Crippen LogP contribution in [0.5, 0.6) is 0 Å². The topological polar surface area (TPSA) is 0 Å². The summed E-state index contributed by atoms with van der Waals surface area (Å²) in [5.74, 6) is 2.75. The van der Waals surface area contributed by atoms with Crippen molar-refractivity contribution < 1.29 is 0 Å². The molecule has 0 spiro atoms. The van der Waals surface area contributed by atoms with Crippen molar-refractivity contribution in [2.45, 2.75) is 106 Å². The van der Waals surface area contributed by atoms with E-state index in [2.05, 4.69) is 48.5 Å². The molecule has 0 saturated carbocycles. The second-order valence-electron chi connectivity index (χ2n) is 7.39. The fraction of sp³-hybridized carbons (Fsp3) is 1.00. The molecule has 0 aliphatic heterocycles. The molecule has 0 fully saturated rings. The third-order valence-corrected chi connectivity index (χ3v) is 5.97. The lowest BCUT2D eigenvalue weighted by atomic mass is 9.65. The summed E-state index contributed by atoms with van der Waals surface area (Å²) in [5, 5.41) is 0. The lowest BCUT2D eigenvalue weighted by molar-refractivity contribution is 0.0987. The van der Waals surface area contributed by atoms with E-state index in [1.807, 2.05) is 0 Å². The maximum absolute atomic E-state index is 2.58. The van der Waals surface area contributed by atoms with Gasteiger partial charge in [0.05, 0.1) is 0 Å². The minimum atomic E-state index is 0.560. The molecule has 20 heavy (non-hydrogen) atoms. The predicted octanol–water partition coefficient (Wildman–Crippen LogP) is 7.47. The van der Waals surface area contributed by atoms with Gasteiger partial charge in [0.25, 0.3) is 0 Å². The zero-order valence-electron chi connectivity index (χ0n) is 15.6. The van der Waals surface area contributed by atoms with Gasteiger partial charge in [0.1, 0.15) is 0 Å². The molecule has 4 unspecified atom stereocenters. The lowest BCUT2D eigenvalue weighted by Gasteiger charge is -2.41. The van der Waals surface area contributed by atoms with Crippen LogP contribution in [0.25, 0.3) is 0 Å². The third-order valence-electron chi connectivity index (χ3n) is 5.97. The van der Waals surface area contributed by atoms with Crippen LogP contribution in [0.15, 0.2) is 0 Å². The van der Waals surface area contributed by atoms with E-state index >= 15 is 0 Å². The van der Waals surface area contributed by atoms with Gasteiger partial charge in [0, 0.05) is 0 Å². The molecule has 0 radical (unpaired) electrons. The largest absolute Gasteiger partial charge is 0.0654 e. The van der Waals surface area contributed by atoms with E-state index in [0.29, 0.717) is 5.41 Å². The lowest BCUT2D eigenvalue weighted by Crippen LogP contribution is -2.30. The average Bonchev–Trinajstić information content (AvgIpc) is 2.45. The summed E-state index contributed by atoms with van der Waals surface area (Å²) in [6.45, 7) is 17.0.